The highest BCUT2D eigenvalue weighted by atomic mass is 16.3. The van der Waals surface area contributed by atoms with Gasteiger partial charge in [0.05, 0.1) is 11.7 Å². The fourth-order valence-electron chi connectivity index (χ4n) is 2.22. The lowest BCUT2D eigenvalue weighted by Gasteiger charge is -2.19. The van der Waals surface area contributed by atoms with Crippen LogP contribution < -0.4 is 5.32 Å². The van der Waals surface area contributed by atoms with Crippen LogP contribution in [0, 0.1) is 11.3 Å². The quantitative estimate of drug-likeness (QED) is 0.700. The Hall–Kier alpha value is -1.84. The maximum absolute atomic E-state index is 11.7. The molecule has 1 atom stereocenters. The minimum Gasteiger partial charge on any atom is -0.390 e. The van der Waals surface area contributed by atoms with Gasteiger partial charge in [0.25, 0.3) is 5.91 Å². The number of aliphatic hydroxyl groups is 1. The zero-order valence-electron chi connectivity index (χ0n) is 10.7. The molecule has 19 heavy (non-hydrogen) atoms. The van der Waals surface area contributed by atoms with Crippen LogP contribution in [0.4, 0.5) is 0 Å². The van der Waals surface area contributed by atoms with Crippen LogP contribution in [0.15, 0.2) is 12.3 Å². The van der Waals surface area contributed by atoms with Crippen LogP contribution in [0.3, 0.4) is 0 Å². The van der Waals surface area contributed by atoms with Gasteiger partial charge in [0.2, 0.25) is 0 Å². The zero-order chi connectivity index (χ0) is 13.7. The second-order valence-electron chi connectivity index (χ2n) is 4.79. The summed E-state index contributed by atoms with van der Waals surface area (Å²) < 4.78 is 0. The molecule has 1 amide bonds. The van der Waals surface area contributed by atoms with E-state index in [1.165, 1.54) is 25.1 Å². The Bertz CT molecular complexity index is 471. The molecule has 1 saturated heterocycles. The Labute approximate surface area is 112 Å². The lowest BCUT2D eigenvalue weighted by molar-refractivity contribution is 0.0875. The van der Waals surface area contributed by atoms with Crippen molar-refractivity contribution in [1.82, 2.24) is 15.2 Å². The molecule has 0 unspecified atom stereocenters. The van der Waals surface area contributed by atoms with E-state index < -0.39 is 6.10 Å². The first-order chi connectivity index (χ1) is 9.19. The summed E-state index contributed by atoms with van der Waals surface area (Å²) in [6.07, 6.45) is 3.28. The van der Waals surface area contributed by atoms with E-state index in [0.717, 1.165) is 13.1 Å². The Morgan fingerprint density at radius 3 is 2.95 bits per heavy atom. The van der Waals surface area contributed by atoms with Crippen molar-refractivity contribution in [1.29, 1.82) is 5.26 Å². The Balaban J connectivity index is 1.75. The molecule has 0 bridgehead atoms. The summed E-state index contributed by atoms with van der Waals surface area (Å²) in [5.74, 6) is -0.304. The molecule has 1 aliphatic heterocycles. The summed E-state index contributed by atoms with van der Waals surface area (Å²) in [6.45, 7) is 2.85. The van der Waals surface area contributed by atoms with E-state index in [2.05, 4.69) is 15.2 Å². The summed E-state index contributed by atoms with van der Waals surface area (Å²) >= 11 is 0. The molecule has 1 fully saturated rings. The van der Waals surface area contributed by atoms with E-state index in [1.807, 2.05) is 6.07 Å². The number of rotatable bonds is 5. The predicted octanol–water partition coefficient (Wildman–Crippen LogP) is 0.0729. The fourth-order valence-corrected chi connectivity index (χ4v) is 2.22. The Kier molecular flexibility index (Phi) is 4.55. The number of carbonyl (C=O) groups excluding carboxylic acids is 1. The van der Waals surface area contributed by atoms with Gasteiger partial charge in [-0.25, -0.2) is 0 Å². The SMILES string of the molecule is N#Cc1c[nH]c(C(=O)NC[C@@H](O)CN2CCCC2)c1. The first-order valence-electron chi connectivity index (χ1n) is 6.46. The molecule has 2 heterocycles. The van der Waals surface area contributed by atoms with Gasteiger partial charge in [-0.05, 0) is 32.0 Å². The van der Waals surface area contributed by atoms with Crippen molar-refractivity contribution < 1.29 is 9.90 Å². The number of nitrogens with one attached hydrogen (secondary N) is 2. The third-order valence-electron chi connectivity index (χ3n) is 3.22. The average Bonchev–Trinajstić information content (AvgIpc) is 3.06. The summed E-state index contributed by atoms with van der Waals surface area (Å²) in [6, 6.07) is 3.44. The molecule has 1 aromatic heterocycles. The van der Waals surface area contributed by atoms with Gasteiger partial charge in [-0.1, -0.05) is 0 Å². The van der Waals surface area contributed by atoms with Crippen LogP contribution in [0.25, 0.3) is 0 Å². The number of amides is 1. The van der Waals surface area contributed by atoms with Gasteiger partial charge in [0.15, 0.2) is 0 Å². The van der Waals surface area contributed by atoms with Crippen LogP contribution in [0.5, 0.6) is 0 Å². The van der Waals surface area contributed by atoms with Crippen molar-refractivity contribution in [2.24, 2.45) is 0 Å². The Morgan fingerprint density at radius 2 is 2.32 bits per heavy atom. The van der Waals surface area contributed by atoms with Crippen LogP contribution in [0.2, 0.25) is 0 Å². The maximum atomic E-state index is 11.7. The number of aromatic amines is 1. The van der Waals surface area contributed by atoms with Gasteiger partial charge in [-0.2, -0.15) is 5.26 Å². The number of aliphatic hydroxyl groups excluding tert-OH is 1. The molecule has 6 heteroatoms. The van der Waals surface area contributed by atoms with Gasteiger partial charge >= 0.3 is 0 Å². The van der Waals surface area contributed by atoms with Crippen LogP contribution in [-0.2, 0) is 0 Å². The molecule has 0 spiro atoms. The zero-order valence-corrected chi connectivity index (χ0v) is 10.7. The minimum absolute atomic E-state index is 0.218. The second-order valence-corrected chi connectivity index (χ2v) is 4.79. The second kappa shape index (κ2) is 6.36. The normalized spacial score (nSPS) is 17.1. The van der Waals surface area contributed by atoms with Gasteiger partial charge in [-0.15, -0.1) is 0 Å². The molecule has 2 rings (SSSR count). The monoisotopic (exact) mass is 262 g/mol. The number of β-amino-alcohol motifs (C(OH)–C–C–N with tert-alkyl or cyclic N) is 1. The molecule has 1 aliphatic rings. The van der Waals surface area contributed by atoms with Crippen molar-refractivity contribution in [3.8, 4) is 6.07 Å². The van der Waals surface area contributed by atoms with Crippen molar-refractivity contribution in [2.45, 2.75) is 18.9 Å². The lowest BCUT2D eigenvalue weighted by Crippen LogP contribution is -2.39. The molecular formula is C13H18N4O2. The van der Waals surface area contributed by atoms with Gasteiger partial charge < -0.3 is 20.3 Å². The van der Waals surface area contributed by atoms with E-state index in [1.54, 1.807) is 0 Å². The van der Waals surface area contributed by atoms with E-state index in [0.29, 0.717) is 17.8 Å². The van der Waals surface area contributed by atoms with Crippen LogP contribution in [-0.4, -0.2) is 53.2 Å². The number of carbonyl (C=O) groups is 1. The molecular weight excluding hydrogens is 244 g/mol. The molecule has 0 saturated carbocycles. The number of hydrogen-bond acceptors (Lipinski definition) is 4. The van der Waals surface area contributed by atoms with E-state index >= 15 is 0 Å². The number of likely N-dealkylation sites (tertiary alicyclic amines) is 1. The fraction of sp³-hybridized carbons (Fsp3) is 0.538. The summed E-state index contributed by atoms with van der Waals surface area (Å²) in [5.41, 5.74) is 0.757. The molecule has 3 N–H and O–H groups in total. The molecule has 102 valence electrons. The molecule has 0 radical (unpaired) electrons. The topological polar surface area (TPSA) is 92.1 Å². The highest BCUT2D eigenvalue weighted by molar-refractivity contribution is 5.92. The highest BCUT2D eigenvalue weighted by Gasteiger charge is 2.16. The molecule has 0 aliphatic carbocycles. The summed E-state index contributed by atoms with van der Waals surface area (Å²) in [7, 11) is 0. The first kappa shape index (κ1) is 13.6. The van der Waals surface area contributed by atoms with Crippen molar-refractivity contribution >= 4 is 5.91 Å². The maximum Gasteiger partial charge on any atom is 0.267 e. The summed E-state index contributed by atoms with van der Waals surface area (Å²) in [4.78, 5) is 16.7. The standard InChI is InChI=1S/C13H18N4O2/c14-6-10-5-12(15-7-10)13(19)16-8-11(18)9-17-3-1-2-4-17/h5,7,11,15,18H,1-4,8-9H2,(H,16,19)/t11-/m1/s1. The molecule has 6 nitrogen and oxygen atoms in total. The average molecular weight is 262 g/mol. The molecule has 0 aromatic carbocycles. The smallest absolute Gasteiger partial charge is 0.267 e. The number of H-pyrrole nitrogens is 1. The van der Waals surface area contributed by atoms with Gasteiger partial charge in [-0.3, -0.25) is 4.79 Å². The van der Waals surface area contributed by atoms with Crippen molar-refractivity contribution in [2.75, 3.05) is 26.2 Å². The lowest BCUT2D eigenvalue weighted by atomic mass is 10.3. The first-order valence-corrected chi connectivity index (χ1v) is 6.46. The summed E-state index contributed by atoms with van der Waals surface area (Å²) in [5, 5.41) is 21.2. The number of nitrogens with zero attached hydrogens (tertiary/aromatic N) is 2. The number of aromatic nitrogens is 1. The van der Waals surface area contributed by atoms with E-state index in [4.69, 9.17) is 5.26 Å². The van der Waals surface area contributed by atoms with Gasteiger partial charge in [0, 0.05) is 19.3 Å². The third kappa shape index (κ3) is 3.81. The van der Waals surface area contributed by atoms with Crippen LogP contribution in [0.1, 0.15) is 28.9 Å². The number of nitriles is 1. The highest BCUT2D eigenvalue weighted by Crippen LogP contribution is 2.07. The minimum atomic E-state index is -0.563. The third-order valence-corrected chi connectivity index (χ3v) is 3.22. The van der Waals surface area contributed by atoms with Crippen molar-refractivity contribution in [3.63, 3.8) is 0 Å². The Morgan fingerprint density at radius 1 is 1.58 bits per heavy atom. The predicted molar refractivity (Wildman–Crippen MR) is 69.5 cm³/mol. The van der Waals surface area contributed by atoms with Gasteiger partial charge in [0.1, 0.15) is 11.8 Å². The van der Waals surface area contributed by atoms with Crippen molar-refractivity contribution in [3.05, 3.63) is 23.5 Å². The number of hydrogen-bond donors (Lipinski definition) is 3. The van der Waals surface area contributed by atoms with E-state index in [9.17, 15) is 9.90 Å². The van der Waals surface area contributed by atoms with E-state index in [-0.39, 0.29) is 12.5 Å². The molecule has 1 aromatic rings. The van der Waals surface area contributed by atoms with Crippen LogP contribution >= 0.6 is 0 Å². The largest absolute Gasteiger partial charge is 0.390 e.